The minimum atomic E-state index is -3.66. The van der Waals surface area contributed by atoms with Crippen LogP contribution in [-0.4, -0.2) is 58.6 Å². The number of sulfonamides is 1. The van der Waals surface area contributed by atoms with E-state index in [-0.39, 0.29) is 16.2 Å². The summed E-state index contributed by atoms with van der Waals surface area (Å²) in [5, 5.41) is 3.19. The largest absolute Gasteiger partial charge is 0.448 e. The van der Waals surface area contributed by atoms with Crippen LogP contribution in [0.4, 0.5) is 10.1 Å². The molecule has 2 heterocycles. The Labute approximate surface area is 191 Å². The average molecular weight is 476 g/mol. The molecule has 1 aliphatic heterocycles. The summed E-state index contributed by atoms with van der Waals surface area (Å²) in [5.74, 6) is -1.07. The van der Waals surface area contributed by atoms with Gasteiger partial charge in [-0.3, -0.25) is 9.69 Å². The molecule has 0 unspecified atom stereocenters. The van der Waals surface area contributed by atoms with E-state index in [1.807, 2.05) is 0 Å². The Hall–Kier alpha value is -2.79. The van der Waals surface area contributed by atoms with Crippen LogP contribution in [0.1, 0.15) is 22.5 Å². The molecule has 2 N–H and O–H groups in total. The van der Waals surface area contributed by atoms with E-state index >= 15 is 0 Å². The molecule has 0 radical (unpaired) electrons. The van der Waals surface area contributed by atoms with Gasteiger partial charge in [-0.25, -0.2) is 17.5 Å². The number of benzene rings is 2. The minimum Gasteiger partial charge on any atom is -0.448 e. The minimum absolute atomic E-state index is 0.00809. The molecule has 10 heteroatoms. The zero-order valence-corrected chi connectivity index (χ0v) is 19.1. The van der Waals surface area contributed by atoms with E-state index in [1.54, 1.807) is 19.1 Å². The van der Waals surface area contributed by atoms with Gasteiger partial charge in [0, 0.05) is 36.3 Å². The van der Waals surface area contributed by atoms with Gasteiger partial charge < -0.3 is 14.5 Å². The van der Waals surface area contributed by atoms with Gasteiger partial charge in [0.05, 0.1) is 18.1 Å². The van der Waals surface area contributed by atoms with E-state index in [0.717, 1.165) is 19.6 Å². The Balaban J connectivity index is 1.35. The molecule has 33 heavy (non-hydrogen) atoms. The van der Waals surface area contributed by atoms with Gasteiger partial charge in [-0.15, -0.1) is 0 Å². The van der Waals surface area contributed by atoms with Crippen molar-refractivity contribution >= 4 is 32.6 Å². The number of ether oxygens (including phenoxy) is 1. The molecule has 2 aromatic carbocycles. The molecule has 1 amide bonds. The Bertz CT molecular complexity index is 1230. The topological polar surface area (TPSA) is 101 Å². The van der Waals surface area contributed by atoms with Gasteiger partial charge in [0.2, 0.25) is 10.0 Å². The molecule has 0 spiro atoms. The number of carbonyl (C=O) groups excluding carboxylic acids is 1. The summed E-state index contributed by atoms with van der Waals surface area (Å²) >= 11 is 0. The van der Waals surface area contributed by atoms with Crippen LogP contribution >= 0.6 is 0 Å². The maximum atomic E-state index is 13.9. The number of fused-ring (bicyclic) bond motifs is 1. The van der Waals surface area contributed by atoms with Gasteiger partial charge in [0.15, 0.2) is 17.2 Å². The Kier molecular flexibility index (Phi) is 7.08. The van der Waals surface area contributed by atoms with Crippen molar-refractivity contribution in [1.82, 2.24) is 9.62 Å². The van der Waals surface area contributed by atoms with Crippen molar-refractivity contribution in [3.63, 3.8) is 0 Å². The number of hydrogen-bond acceptors (Lipinski definition) is 6. The summed E-state index contributed by atoms with van der Waals surface area (Å²) in [6.45, 7) is 5.97. The number of furan rings is 1. The monoisotopic (exact) mass is 475 g/mol. The highest BCUT2D eigenvalue weighted by molar-refractivity contribution is 7.89. The lowest BCUT2D eigenvalue weighted by molar-refractivity contribution is 0.0376. The maximum Gasteiger partial charge on any atom is 0.291 e. The lowest BCUT2D eigenvalue weighted by Crippen LogP contribution is -2.38. The standard InChI is InChI=1S/C23H26FN3O5S/c1-16-19-4-2-5-20(24)22(19)32-21(16)23(28)26-17-6-8-18(9-7-17)33(29,30)25-10-3-11-27-12-14-31-15-13-27/h2,4-9,25H,3,10-15H2,1H3,(H,26,28). The van der Waals surface area contributed by atoms with Crippen LogP contribution in [0.2, 0.25) is 0 Å². The third-order valence-electron chi connectivity index (χ3n) is 5.59. The van der Waals surface area contributed by atoms with Crippen molar-refractivity contribution in [2.45, 2.75) is 18.2 Å². The summed E-state index contributed by atoms with van der Waals surface area (Å²) < 4.78 is 52.3. The van der Waals surface area contributed by atoms with Crippen molar-refractivity contribution in [1.29, 1.82) is 0 Å². The third kappa shape index (κ3) is 5.41. The Morgan fingerprint density at radius 1 is 1.12 bits per heavy atom. The van der Waals surface area contributed by atoms with Gasteiger partial charge >= 0.3 is 0 Å². The highest BCUT2D eigenvalue weighted by Gasteiger charge is 2.20. The third-order valence-corrected chi connectivity index (χ3v) is 7.07. The van der Waals surface area contributed by atoms with Crippen molar-refractivity contribution in [2.24, 2.45) is 0 Å². The fraction of sp³-hybridized carbons (Fsp3) is 0.348. The van der Waals surface area contributed by atoms with Crippen LogP contribution in [0.3, 0.4) is 0 Å². The normalized spacial score (nSPS) is 15.1. The molecular weight excluding hydrogens is 449 g/mol. The van der Waals surface area contributed by atoms with Crippen LogP contribution in [0, 0.1) is 12.7 Å². The summed E-state index contributed by atoms with van der Waals surface area (Å²) in [4.78, 5) is 15.0. The van der Waals surface area contributed by atoms with Crippen LogP contribution in [0.25, 0.3) is 11.0 Å². The smallest absolute Gasteiger partial charge is 0.291 e. The van der Waals surface area contributed by atoms with Gasteiger partial charge in [-0.2, -0.15) is 0 Å². The summed E-state index contributed by atoms with van der Waals surface area (Å²) in [6.07, 6.45) is 0.699. The van der Waals surface area contributed by atoms with Crippen LogP contribution in [0.5, 0.6) is 0 Å². The molecule has 1 fully saturated rings. The van der Waals surface area contributed by atoms with Crippen LogP contribution in [0.15, 0.2) is 51.8 Å². The first-order valence-electron chi connectivity index (χ1n) is 10.7. The number of anilines is 1. The summed E-state index contributed by atoms with van der Waals surface area (Å²) in [5.41, 5.74) is 0.954. The molecule has 3 aromatic rings. The number of morpholine rings is 1. The highest BCUT2D eigenvalue weighted by Crippen LogP contribution is 2.28. The lowest BCUT2D eigenvalue weighted by Gasteiger charge is -2.26. The zero-order valence-electron chi connectivity index (χ0n) is 18.3. The van der Waals surface area contributed by atoms with Crippen LogP contribution in [-0.2, 0) is 14.8 Å². The fourth-order valence-electron chi connectivity index (χ4n) is 3.75. The van der Waals surface area contributed by atoms with E-state index in [2.05, 4.69) is 14.9 Å². The molecule has 1 aliphatic rings. The molecule has 0 aliphatic carbocycles. The quantitative estimate of drug-likeness (QED) is 0.486. The highest BCUT2D eigenvalue weighted by atomic mass is 32.2. The molecule has 0 atom stereocenters. The molecule has 1 saturated heterocycles. The number of nitrogens with zero attached hydrogens (tertiary/aromatic N) is 1. The van der Waals surface area contributed by atoms with Crippen LogP contribution < -0.4 is 10.0 Å². The first kappa shape index (κ1) is 23.4. The number of rotatable bonds is 8. The van der Waals surface area contributed by atoms with Crippen molar-refractivity contribution in [2.75, 3.05) is 44.7 Å². The predicted molar refractivity (Wildman–Crippen MR) is 122 cm³/mol. The number of nitrogens with one attached hydrogen (secondary N) is 2. The first-order valence-corrected chi connectivity index (χ1v) is 12.2. The molecule has 0 saturated carbocycles. The molecule has 4 rings (SSSR count). The SMILES string of the molecule is Cc1c(C(=O)Nc2ccc(S(=O)(=O)NCCCN3CCOCC3)cc2)oc2c(F)cccc12. The maximum absolute atomic E-state index is 13.9. The molecule has 1 aromatic heterocycles. The molecule has 176 valence electrons. The van der Waals surface area contributed by atoms with Crippen molar-refractivity contribution in [3.8, 4) is 0 Å². The number of carbonyl (C=O) groups is 1. The molecule has 8 nitrogen and oxygen atoms in total. The van der Waals surface area contributed by atoms with E-state index in [0.29, 0.717) is 42.8 Å². The van der Waals surface area contributed by atoms with Crippen molar-refractivity contribution in [3.05, 3.63) is 59.6 Å². The lowest BCUT2D eigenvalue weighted by atomic mass is 10.1. The fourth-order valence-corrected chi connectivity index (χ4v) is 4.82. The van der Waals surface area contributed by atoms with Gasteiger partial charge in [-0.05, 0) is 50.2 Å². The number of halogens is 1. The van der Waals surface area contributed by atoms with E-state index in [1.165, 1.54) is 30.3 Å². The summed E-state index contributed by atoms with van der Waals surface area (Å²) in [7, 11) is -3.66. The molecule has 0 bridgehead atoms. The first-order chi connectivity index (χ1) is 15.8. The van der Waals surface area contributed by atoms with E-state index in [4.69, 9.17) is 9.15 Å². The average Bonchev–Trinajstić information content (AvgIpc) is 3.16. The second-order valence-electron chi connectivity index (χ2n) is 7.86. The zero-order chi connectivity index (χ0) is 23.4. The second kappa shape index (κ2) is 10.0. The number of aryl methyl sites for hydroxylation is 1. The molecular formula is C23H26FN3O5S. The summed E-state index contributed by atoms with van der Waals surface area (Å²) in [6, 6.07) is 10.3. The number of amides is 1. The Morgan fingerprint density at radius 3 is 2.55 bits per heavy atom. The Morgan fingerprint density at radius 2 is 1.85 bits per heavy atom. The number of hydrogen-bond donors (Lipinski definition) is 2. The van der Waals surface area contributed by atoms with Gasteiger partial charge in [-0.1, -0.05) is 12.1 Å². The van der Waals surface area contributed by atoms with Gasteiger partial charge in [0.1, 0.15) is 0 Å². The van der Waals surface area contributed by atoms with Gasteiger partial charge in [0.25, 0.3) is 5.91 Å². The number of para-hydroxylation sites is 1. The van der Waals surface area contributed by atoms with E-state index < -0.39 is 21.7 Å². The van der Waals surface area contributed by atoms with Crippen molar-refractivity contribution < 1.29 is 26.8 Å². The second-order valence-corrected chi connectivity index (χ2v) is 9.62. The predicted octanol–water partition coefficient (Wildman–Crippen LogP) is 3.13. The van der Waals surface area contributed by atoms with E-state index in [9.17, 15) is 17.6 Å².